The number of aliphatic hydroxyl groups is 2. The Bertz CT molecular complexity index is 742. The third-order valence-electron chi connectivity index (χ3n) is 5.38. The predicted octanol–water partition coefficient (Wildman–Crippen LogP) is 3.04. The van der Waals surface area contributed by atoms with Gasteiger partial charge >= 0.3 is 0 Å². The minimum atomic E-state index is -1.22. The molecule has 0 amide bonds. The van der Waals surface area contributed by atoms with Crippen molar-refractivity contribution in [1.82, 2.24) is 0 Å². The molecule has 6 nitrogen and oxygen atoms in total. The zero-order valence-corrected chi connectivity index (χ0v) is 18.2. The fraction of sp³-hybridized carbons (Fsp3) is 0.385. The first-order valence-electron chi connectivity index (χ1n) is 10.8. The van der Waals surface area contributed by atoms with Crippen molar-refractivity contribution in [3.63, 3.8) is 0 Å². The van der Waals surface area contributed by atoms with Gasteiger partial charge in [-0.05, 0) is 11.1 Å². The average molecular weight is 441 g/mol. The molecule has 0 aliphatic heterocycles. The van der Waals surface area contributed by atoms with Gasteiger partial charge in [0.05, 0.1) is 26.4 Å². The Kier molecular flexibility index (Phi) is 9.62. The second-order valence-corrected chi connectivity index (χ2v) is 7.68. The van der Waals surface area contributed by atoms with E-state index >= 15 is 0 Å². The second-order valence-electron chi connectivity index (χ2n) is 7.68. The smallest absolute Gasteiger partial charge is 0.116 e. The molecule has 32 heavy (non-hydrogen) atoms. The van der Waals surface area contributed by atoms with E-state index < -0.39 is 36.6 Å². The fourth-order valence-electron chi connectivity index (χ4n) is 3.81. The summed E-state index contributed by atoms with van der Waals surface area (Å²) in [7, 11) is 0. The van der Waals surface area contributed by atoms with Gasteiger partial charge in [0.15, 0.2) is 0 Å². The number of benzene rings is 2. The van der Waals surface area contributed by atoms with Gasteiger partial charge in [-0.2, -0.15) is 0 Å². The predicted molar refractivity (Wildman–Crippen MR) is 122 cm³/mol. The van der Waals surface area contributed by atoms with Crippen molar-refractivity contribution in [3.8, 4) is 0 Å². The summed E-state index contributed by atoms with van der Waals surface area (Å²) in [5.41, 5.74) is 1.95. The molecule has 1 aliphatic rings. The standard InChI is InChI=1S/C26H32O6/c1-3-15-29-23-21(27)22(28)24(30-16-4-2)26(32-18-20-13-9-6-10-14-20)25(23)31-17-19-11-7-5-8-12-19/h3-14,21-28H,1-2,15-18H2/t21-,22+,23-,24+,25-,26-/m0/s1. The summed E-state index contributed by atoms with van der Waals surface area (Å²) >= 11 is 0. The van der Waals surface area contributed by atoms with E-state index in [1.54, 1.807) is 12.2 Å². The Morgan fingerprint density at radius 2 is 0.969 bits per heavy atom. The van der Waals surface area contributed by atoms with Gasteiger partial charge in [-0.1, -0.05) is 72.8 Å². The molecule has 3 rings (SSSR count). The quantitative estimate of drug-likeness (QED) is 0.494. The van der Waals surface area contributed by atoms with Gasteiger partial charge in [0.1, 0.15) is 36.6 Å². The Balaban J connectivity index is 1.86. The van der Waals surface area contributed by atoms with Crippen molar-refractivity contribution in [2.45, 2.75) is 49.8 Å². The number of hydrogen-bond acceptors (Lipinski definition) is 6. The van der Waals surface area contributed by atoms with Crippen molar-refractivity contribution in [2.24, 2.45) is 0 Å². The Morgan fingerprint density at radius 3 is 1.31 bits per heavy atom. The van der Waals surface area contributed by atoms with Crippen LogP contribution in [-0.4, -0.2) is 60.1 Å². The molecule has 0 bridgehead atoms. The Labute approximate surface area is 189 Å². The summed E-state index contributed by atoms with van der Waals surface area (Å²) in [4.78, 5) is 0. The van der Waals surface area contributed by atoms with Crippen molar-refractivity contribution >= 4 is 0 Å². The Hall–Kier alpha value is -2.32. The van der Waals surface area contributed by atoms with Crippen LogP contribution < -0.4 is 0 Å². The summed E-state index contributed by atoms with van der Waals surface area (Å²) in [6.07, 6.45) is -2.28. The lowest BCUT2D eigenvalue weighted by Gasteiger charge is -2.46. The molecule has 2 N–H and O–H groups in total. The van der Waals surface area contributed by atoms with Gasteiger partial charge in [-0.15, -0.1) is 13.2 Å². The van der Waals surface area contributed by atoms with Crippen LogP contribution in [-0.2, 0) is 32.2 Å². The SMILES string of the molecule is C=CCO[C@@H]1[C@H](O)[C@H](O)[C@H](OCC=C)[C@H](OCc2ccccc2)[C@H]1OCc1ccccc1. The molecule has 0 unspecified atom stereocenters. The Morgan fingerprint density at radius 1 is 0.594 bits per heavy atom. The van der Waals surface area contributed by atoms with Gasteiger partial charge in [-0.25, -0.2) is 0 Å². The molecule has 172 valence electrons. The maximum absolute atomic E-state index is 10.9. The van der Waals surface area contributed by atoms with Crippen LogP contribution in [0.2, 0.25) is 0 Å². The highest BCUT2D eigenvalue weighted by Gasteiger charge is 2.52. The summed E-state index contributed by atoms with van der Waals surface area (Å²) in [6.45, 7) is 8.34. The molecule has 2 aromatic rings. The number of rotatable bonds is 12. The van der Waals surface area contributed by atoms with Crippen LogP contribution in [0.3, 0.4) is 0 Å². The number of hydrogen-bond donors (Lipinski definition) is 2. The van der Waals surface area contributed by atoms with E-state index in [2.05, 4.69) is 13.2 Å². The van der Waals surface area contributed by atoms with E-state index in [0.29, 0.717) is 13.2 Å². The molecule has 0 aromatic heterocycles. The molecule has 0 spiro atoms. The minimum Gasteiger partial charge on any atom is -0.387 e. The van der Waals surface area contributed by atoms with Crippen LogP contribution >= 0.6 is 0 Å². The van der Waals surface area contributed by atoms with Crippen molar-refractivity contribution in [2.75, 3.05) is 13.2 Å². The number of aliphatic hydroxyl groups excluding tert-OH is 2. The van der Waals surface area contributed by atoms with Crippen LogP contribution in [0.4, 0.5) is 0 Å². The monoisotopic (exact) mass is 440 g/mol. The van der Waals surface area contributed by atoms with Gasteiger partial charge in [0, 0.05) is 0 Å². The first-order chi connectivity index (χ1) is 15.7. The van der Waals surface area contributed by atoms with Crippen LogP contribution in [0.25, 0.3) is 0 Å². The summed E-state index contributed by atoms with van der Waals surface area (Å²) in [6, 6.07) is 19.4. The van der Waals surface area contributed by atoms with E-state index in [1.807, 2.05) is 60.7 Å². The first kappa shape index (κ1) is 24.3. The van der Waals surface area contributed by atoms with E-state index in [1.165, 1.54) is 0 Å². The van der Waals surface area contributed by atoms with Crippen molar-refractivity contribution in [3.05, 3.63) is 97.1 Å². The molecule has 1 aliphatic carbocycles. The highest BCUT2D eigenvalue weighted by Crippen LogP contribution is 2.31. The fourth-order valence-corrected chi connectivity index (χ4v) is 3.81. The summed E-state index contributed by atoms with van der Waals surface area (Å²) < 4.78 is 24.2. The van der Waals surface area contributed by atoms with Crippen molar-refractivity contribution < 1.29 is 29.2 Å². The van der Waals surface area contributed by atoms with Gasteiger partial charge < -0.3 is 29.2 Å². The molecular formula is C26H32O6. The molecule has 1 saturated carbocycles. The molecule has 1 fully saturated rings. The maximum atomic E-state index is 10.9. The average Bonchev–Trinajstić information content (AvgIpc) is 2.83. The molecule has 6 atom stereocenters. The zero-order chi connectivity index (χ0) is 22.8. The highest BCUT2D eigenvalue weighted by molar-refractivity contribution is 5.15. The van der Waals surface area contributed by atoms with Crippen LogP contribution in [0, 0.1) is 0 Å². The first-order valence-corrected chi connectivity index (χ1v) is 10.8. The molecule has 6 heteroatoms. The van der Waals surface area contributed by atoms with E-state index in [9.17, 15) is 10.2 Å². The van der Waals surface area contributed by atoms with Crippen LogP contribution in [0.5, 0.6) is 0 Å². The lowest BCUT2D eigenvalue weighted by Crippen LogP contribution is -2.66. The van der Waals surface area contributed by atoms with E-state index in [-0.39, 0.29) is 13.2 Å². The number of ether oxygens (including phenoxy) is 4. The molecule has 0 saturated heterocycles. The van der Waals surface area contributed by atoms with E-state index in [4.69, 9.17) is 18.9 Å². The highest BCUT2D eigenvalue weighted by atomic mass is 16.6. The van der Waals surface area contributed by atoms with Gasteiger partial charge in [0.2, 0.25) is 0 Å². The topological polar surface area (TPSA) is 77.4 Å². The van der Waals surface area contributed by atoms with E-state index in [0.717, 1.165) is 11.1 Å². The largest absolute Gasteiger partial charge is 0.387 e. The van der Waals surface area contributed by atoms with Gasteiger partial charge in [0.25, 0.3) is 0 Å². The maximum Gasteiger partial charge on any atom is 0.116 e. The molecule has 2 aromatic carbocycles. The minimum absolute atomic E-state index is 0.198. The zero-order valence-electron chi connectivity index (χ0n) is 18.2. The lowest BCUT2D eigenvalue weighted by molar-refractivity contribution is -0.266. The molecule has 0 radical (unpaired) electrons. The third kappa shape index (κ3) is 6.36. The third-order valence-corrected chi connectivity index (χ3v) is 5.38. The summed E-state index contributed by atoms with van der Waals surface area (Å²) in [5, 5.41) is 21.7. The second kappa shape index (κ2) is 12.6. The molecule has 0 heterocycles. The summed E-state index contributed by atoms with van der Waals surface area (Å²) in [5.74, 6) is 0. The van der Waals surface area contributed by atoms with Crippen molar-refractivity contribution in [1.29, 1.82) is 0 Å². The molecular weight excluding hydrogens is 408 g/mol. The normalized spacial score (nSPS) is 27.7. The van der Waals surface area contributed by atoms with Crippen LogP contribution in [0.1, 0.15) is 11.1 Å². The van der Waals surface area contributed by atoms with Crippen LogP contribution in [0.15, 0.2) is 86.0 Å². The van der Waals surface area contributed by atoms with Gasteiger partial charge in [-0.3, -0.25) is 0 Å². The lowest BCUT2D eigenvalue weighted by atomic mass is 9.84.